The maximum atomic E-state index is 13.6. The van der Waals surface area contributed by atoms with Crippen LogP contribution >= 0.6 is 0 Å². The van der Waals surface area contributed by atoms with E-state index in [4.69, 9.17) is 24.7 Å². The average Bonchev–Trinajstić information content (AvgIpc) is 3.01. The third kappa shape index (κ3) is 5.41. The van der Waals surface area contributed by atoms with Gasteiger partial charge in [0.2, 0.25) is 0 Å². The molecule has 3 aromatic rings. The molecule has 0 aromatic heterocycles. The zero-order valence-corrected chi connectivity index (χ0v) is 25.6. The predicted octanol–water partition coefficient (Wildman–Crippen LogP) is 3.72. The van der Waals surface area contributed by atoms with Gasteiger partial charge in [-0.3, -0.25) is 14.9 Å². The molecule has 242 valence electrons. The molecule has 7 atom stereocenters. The van der Waals surface area contributed by atoms with Gasteiger partial charge in [-0.05, 0) is 26.0 Å². The summed E-state index contributed by atoms with van der Waals surface area (Å²) in [7, 11) is 1.53. The molecule has 46 heavy (non-hydrogen) atoms. The molecule has 3 aromatic carbocycles. The van der Waals surface area contributed by atoms with E-state index in [0.717, 1.165) is 0 Å². The molecule has 1 unspecified atom stereocenters. The SMILES string of the molecule is CO[C@@H]1[C@@H](N)C[C@H](O[C@H]2CC(O)([C@@H](C)OC(=O)Nc3ccccc3)Cc3c(O)c4c(c(O)c32)C(=O)c2ccccc2C4=O)O[C@@H]1C. The Hall–Kier alpha value is -4.33. The second kappa shape index (κ2) is 12.1. The number of phenols is 2. The van der Waals surface area contributed by atoms with Crippen LogP contribution in [0.2, 0.25) is 0 Å². The summed E-state index contributed by atoms with van der Waals surface area (Å²) in [6, 6.07) is 14.3. The summed E-state index contributed by atoms with van der Waals surface area (Å²) in [4.78, 5) is 40.1. The molecule has 6 N–H and O–H groups in total. The largest absolute Gasteiger partial charge is 0.507 e. The summed E-state index contributed by atoms with van der Waals surface area (Å²) in [6.45, 7) is 3.27. The van der Waals surface area contributed by atoms with Gasteiger partial charge in [-0.25, -0.2) is 4.79 Å². The number of phenolic OH excluding ortho intramolecular Hbond substituents is 2. The van der Waals surface area contributed by atoms with Crippen LogP contribution in [0.3, 0.4) is 0 Å². The molecule has 0 spiro atoms. The number of carbonyl (C=O) groups excluding carboxylic acids is 3. The first-order valence-corrected chi connectivity index (χ1v) is 15.1. The number of fused-ring (bicyclic) bond motifs is 3. The number of anilines is 1. The fraction of sp³-hybridized carbons (Fsp3) is 0.382. The monoisotopic (exact) mass is 632 g/mol. The van der Waals surface area contributed by atoms with Crippen LogP contribution in [-0.2, 0) is 25.4 Å². The van der Waals surface area contributed by atoms with Gasteiger partial charge in [0.1, 0.15) is 23.2 Å². The maximum absolute atomic E-state index is 13.6. The van der Waals surface area contributed by atoms with Crippen LogP contribution in [0.4, 0.5) is 10.5 Å². The lowest BCUT2D eigenvalue weighted by Gasteiger charge is -2.44. The molecule has 6 rings (SSSR count). The molecule has 1 fully saturated rings. The van der Waals surface area contributed by atoms with Crippen LogP contribution < -0.4 is 11.1 Å². The van der Waals surface area contributed by atoms with Crippen LogP contribution in [0, 0.1) is 0 Å². The summed E-state index contributed by atoms with van der Waals surface area (Å²) in [6.07, 6.45) is -5.36. The topological polar surface area (TPSA) is 187 Å². The van der Waals surface area contributed by atoms with Crippen molar-refractivity contribution in [3.05, 3.63) is 88.0 Å². The van der Waals surface area contributed by atoms with Crippen molar-refractivity contribution in [1.82, 2.24) is 0 Å². The molecule has 12 heteroatoms. The number of hydrogen-bond acceptors (Lipinski definition) is 11. The number of hydrogen-bond donors (Lipinski definition) is 5. The van der Waals surface area contributed by atoms with Crippen molar-refractivity contribution < 1.29 is 48.7 Å². The number of benzene rings is 3. The lowest BCUT2D eigenvalue weighted by atomic mass is 9.71. The standard InChI is InChI=1S/C34H36N2O10/c1-16-32(43-3)22(35)13-24(44-16)46-23-15-34(42,17(2)45-33(41)36-18-9-5-4-6-10-18)14-21-25(23)31(40)27-26(30(21)39)28(37)19-11-7-8-12-20(19)29(27)38/h4-12,16-17,22-24,32,39-40,42H,13-15,35H2,1-3H3,(H,36,41)/t16-,17-,22+,23+,24+,32+,34?/m1/s1. The highest BCUT2D eigenvalue weighted by molar-refractivity contribution is 6.30. The van der Waals surface area contributed by atoms with E-state index in [1.165, 1.54) is 26.2 Å². The number of amides is 1. The van der Waals surface area contributed by atoms with Gasteiger partial charge < -0.3 is 40.0 Å². The van der Waals surface area contributed by atoms with Crippen molar-refractivity contribution >= 4 is 23.3 Å². The van der Waals surface area contributed by atoms with E-state index in [1.807, 2.05) is 0 Å². The number of aliphatic hydroxyl groups is 1. The maximum Gasteiger partial charge on any atom is 0.411 e. The third-order valence-corrected chi connectivity index (χ3v) is 9.17. The molecular formula is C34H36N2O10. The Morgan fingerprint density at radius 1 is 1.02 bits per heavy atom. The second-order valence-corrected chi connectivity index (χ2v) is 12.1. The molecule has 3 aliphatic rings. The first kappa shape index (κ1) is 31.6. The number of aromatic hydroxyl groups is 2. The van der Waals surface area contributed by atoms with E-state index in [-0.39, 0.29) is 52.6 Å². The Labute approximate surface area is 265 Å². The molecule has 1 saturated heterocycles. The van der Waals surface area contributed by atoms with Gasteiger partial charge in [-0.15, -0.1) is 0 Å². The van der Waals surface area contributed by atoms with E-state index in [9.17, 15) is 29.7 Å². The molecule has 0 radical (unpaired) electrons. The van der Waals surface area contributed by atoms with Gasteiger partial charge >= 0.3 is 6.09 Å². The molecule has 0 saturated carbocycles. The van der Waals surface area contributed by atoms with Crippen molar-refractivity contribution in [2.24, 2.45) is 5.73 Å². The molecule has 1 aliphatic heterocycles. The van der Waals surface area contributed by atoms with Crippen LogP contribution in [0.25, 0.3) is 0 Å². The number of ether oxygens (including phenoxy) is 4. The van der Waals surface area contributed by atoms with Crippen molar-refractivity contribution in [3.63, 3.8) is 0 Å². The number of carbonyl (C=O) groups is 3. The Bertz CT molecular complexity index is 1680. The lowest BCUT2D eigenvalue weighted by molar-refractivity contribution is -0.253. The normalized spacial score (nSPS) is 27.6. The van der Waals surface area contributed by atoms with E-state index >= 15 is 0 Å². The number of para-hydroxylation sites is 1. The van der Waals surface area contributed by atoms with Crippen LogP contribution in [0.15, 0.2) is 54.6 Å². The van der Waals surface area contributed by atoms with E-state index in [1.54, 1.807) is 49.4 Å². The Balaban J connectivity index is 1.40. The molecule has 12 nitrogen and oxygen atoms in total. The number of rotatable bonds is 6. The molecule has 0 bridgehead atoms. The minimum absolute atomic E-state index is 0.0163. The van der Waals surface area contributed by atoms with Crippen LogP contribution in [0.1, 0.15) is 75.8 Å². The Morgan fingerprint density at radius 2 is 1.63 bits per heavy atom. The summed E-state index contributed by atoms with van der Waals surface area (Å²) in [5, 5.41) is 38.0. The van der Waals surface area contributed by atoms with Crippen LogP contribution in [-0.4, -0.2) is 76.3 Å². The van der Waals surface area contributed by atoms with Gasteiger partial charge in [-0.2, -0.15) is 0 Å². The fourth-order valence-corrected chi connectivity index (χ4v) is 6.79. The zero-order valence-electron chi connectivity index (χ0n) is 25.6. The number of nitrogens with two attached hydrogens (primary N) is 1. The van der Waals surface area contributed by atoms with Crippen molar-refractivity contribution in [2.75, 3.05) is 12.4 Å². The molecular weight excluding hydrogens is 596 g/mol. The summed E-state index contributed by atoms with van der Waals surface area (Å²) < 4.78 is 23.4. The summed E-state index contributed by atoms with van der Waals surface area (Å²) in [5.41, 5.74) is 4.43. The minimum Gasteiger partial charge on any atom is -0.507 e. The highest BCUT2D eigenvalue weighted by Gasteiger charge is 2.50. The van der Waals surface area contributed by atoms with Crippen molar-refractivity contribution in [1.29, 1.82) is 0 Å². The first-order valence-electron chi connectivity index (χ1n) is 15.1. The first-order chi connectivity index (χ1) is 21.9. The quantitative estimate of drug-likeness (QED) is 0.195. The summed E-state index contributed by atoms with van der Waals surface area (Å²) >= 11 is 0. The number of nitrogens with one attached hydrogen (secondary N) is 1. The number of ketones is 2. The summed E-state index contributed by atoms with van der Waals surface area (Å²) in [5.74, 6) is -2.40. The van der Waals surface area contributed by atoms with E-state index < -0.39 is 71.5 Å². The second-order valence-electron chi connectivity index (χ2n) is 12.1. The minimum atomic E-state index is -1.86. The third-order valence-electron chi connectivity index (χ3n) is 9.17. The molecule has 1 heterocycles. The van der Waals surface area contributed by atoms with Gasteiger partial charge in [0, 0.05) is 60.4 Å². The predicted molar refractivity (Wildman–Crippen MR) is 164 cm³/mol. The Kier molecular flexibility index (Phi) is 8.34. The van der Waals surface area contributed by atoms with E-state index in [2.05, 4.69) is 5.32 Å². The molecule has 2 aliphatic carbocycles. The fourth-order valence-electron chi connectivity index (χ4n) is 6.79. The highest BCUT2D eigenvalue weighted by Crippen LogP contribution is 2.52. The van der Waals surface area contributed by atoms with E-state index in [0.29, 0.717) is 5.69 Å². The van der Waals surface area contributed by atoms with Crippen molar-refractivity contribution in [2.45, 2.75) is 75.5 Å². The smallest absolute Gasteiger partial charge is 0.411 e. The van der Waals surface area contributed by atoms with Gasteiger partial charge in [0.05, 0.1) is 29.4 Å². The average molecular weight is 633 g/mol. The Morgan fingerprint density at radius 3 is 2.24 bits per heavy atom. The lowest BCUT2D eigenvalue weighted by Crippen LogP contribution is -2.54. The van der Waals surface area contributed by atoms with Gasteiger partial charge in [0.25, 0.3) is 0 Å². The molecule has 1 amide bonds. The highest BCUT2D eigenvalue weighted by atomic mass is 16.7. The van der Waals surface area contributed by atoms with Crippen LogP contribution in [0.5, 0.6) is 11.5 Å². The van der Waals surface area contributed by atoms with Gasteiger partial charge in [-0.1, -0.05) is 42.5 Å². The number of methoxy groups -OCH3 is 1. The van der Waals surface area contributed by atoms with Crippen molar-refractivity contribution in [3.8, 4) is 11.5 Å². The zero-order chi connectivity index (χ0) is 32.9. The van der Waals surface area contributed by atoms with Gasteiger partial charge in [0.15, 0.2) is 17.9 Å².